The zero-order valence-corrected chi connectivity index (χ0v) is 17.9. The van der Waals surface area contributed by atoms with Crippen molar-refractivity contribution in [3.05, 3.63) is 70.0 Å². The molecule has 0 radical (unpaired) electrons. The van der Waals surface area contributed by atoms with Crippen molar-refractivity contribution < 1.29 is 19.0 Å². The van der Waals surface area contributed by atoms with Gasteiger partial charge in [-0.2, -0.15) is 0 Å². The summed E-state index contributed by atoms with van der Waals surface area (Å²) in [5, 5.41) is 9.43. The summed E-state index contributed by atoms with van der Waals surface area (Å²) in [5.41, 5.74) is 6.29. The molecule has 1 aliphatic carbocycles. The number of carboxylic acids is 1. The van der Waals surface area contributed by atoms with E-state index in [9.17, 15) is 14.3 Å². The molecule has 2 heterocycles. The number of halogens is 1. The van der Waals surface area contributed by atoms with Gasteiger partial charge in [-0.25, -0.2) is 4.39 Å². The van der Waals surface area contributed by atoms with Gasteiger partial charge in [-0.1, -0.05) is 29.3 Å². The van der Waals surface area contributed by atoms with Gasteiger partial charge in [0.25, 0.3) is 0 Å². The number of likely N-dealkylation sites (tertiary alicyclic amines) is 1. The Balaban J connectivity index is 1.44. The van der Waals surface area contributed by atoms with Crippen LogP contribution in [0.1, 0.15) is 54.4 Å². The van der Waals surface area contributed by atoms with Gasteiger partial charge in [-0.05, 0) is 80.5 Å². The van der Waals surface area contributed by atoms with Gasteiger partial charge in [0, 0.05) is 18.7 Å². The number of carboxylic acid groups (broad SMARTS) is 1. The van der Waals surface area contributed by atoms with Crippen molar-refractivity contribution in [3.63, 3.8) is 0 Å². The molecule has 31 heavy (non-hydrogen) atoms. The maximum absolute atomic E-state index is 14.2. The Morgan fingerprint density at radius 1 is 1.13 bits per heavy atom. The van der Waals surface area contributed by atoms with Crippen molar-refractivity contribution in [3.8, 4) is 5.75 Å². The molecule has 1 N–H and O–H groups in total. The number of nitrogens with zero attached hydrogens (tertiary/aromatic N) is 1. The van der Waals surface area contributed by atoms with Crippen LogP contribution < -0.4 is 4.74 Å². The van der Waals surface area contributed by atoms with Crippen molar-refractivity contribution in [2.24, 2.45) is 5.41 Å². The van der Waals surface area contributed by atoms with E-state index in [4.69, 9.17) is 4.74 Å². The topological polar surface area (TPSA) is 49.8 Å². The molecule has 0 atom stereocenters. The third-order valence-electron chi connectivity index (χ3n) is 7.15. The molecule has 0 spiro atoms. The van der Waals surface area contributed by atoms with E-state index in [2.05, 4.69) is 30.0 Å². The summed E-state index contributed by atoms with van der Waals surface area (Å²) in [7, 11) is 0. The number of carbonyl (C=O) groups is 1. The van der Waals surface area contributed by atoms with Gasteiger partial charge >= 0.3 is 5.97 Å². The molecule has 1 saturated carbocycles. The lowest BCUT2D eigenvalue weighted by Gasteiger charge is -2.31. The molecule has 0 aromatic heterocycles. The van der Waals surface area contributed by atoms with E-state index >= 15 is 0 Å². The molecule has 2 fully saturated rings. The molecular formula is C26H28FNO3. The number of benzene rings is 2. The van der Waals surface area contributed by atoms with Gasteiger partial charge in [-0.15, -0.1) is 0 Å². The van der Waals surface area contributed by atoms with E-state index in [1.807, 2.05) is 0 Å². The van der Waals surface area contributed by atoms with Gasteiger partial charge < -0.3 is 14.7 Å². The average molecular weight is 422 g/mol. The molecule has 2 aromatic carbocycles. The highest BCUT2D eigenvalue weighted by molar-refractivity contribution is 5.87. The third kappa shape index (κ3) is 3.87. The summed E-state index contributed by atoms with van der Waals surface area (Å²) in [6.07, 6.45) is 4.16. The first-order valence-electron chi connectivity index (χ1n) is 11.2. The van der Waals surface area contributed by atoms with Gasteiger partial charge in [0.1, 0.15) is 18.2 Å². The van der Waals surface area contributed by atoms with Crippen LogP contribution in [0.5, 0.6) is 5.75 Å². The predicted octanol–water partition coefficient (Wildman–Crippen LogP) is 5.18. The molecule has 5 heteroatoms. The fourth-order valence-corrected chi connectivity index (χ4v) is 4.98. The second kappa shape index (κ2) is 7.79. The summed E-state index contributed by atoms with van der Waals surface area (Å²) in [6, 6.07) is 11.2. The molecular weight excluding hydrogens is 393 g/mol. The van der Waals surface area contributed by atoms with Gasteiger partial charge in [0.15, 0.2) is 0 Å². The number of ether oxygens (including phenoxy) is 1. The van der Waals surface area contributed by atoms with E-state index in [0.29, 0.717) is 6.61 Å². The molecule has 2 aliphatic heterocycles. The summed E-state index contributed by atoms with van der Waals surface area (Å²) < 4.78 is 20.3. The highest BCUT2D eigenvalue weighted by atomic mass is 19.1. The smallest absolute Gasteiger partial charge is 0.309 e. The molecule has 5 rings (SSSR count). The molecule has 1 saturated heterocycles. The van der Waals surface area contributed by atoms with Crippen LogP contribution in [-0.4, -0.2) is 35.6 Å². The number of hydrogen-bond donors (Lipinski definition) is 1. The third-order valence-corrected chi connectivity index (χ3v) is 7.15. The molecule has 4 nitrogen and oxygen atoms in total. The highest BCUT2D eigenvalue weighted by Crippen LogP contribution is 2.49. The summed E-state index contributed by atoms with van der Waals surface area (Å²) in [6.45, 7) is 5.20. The van der Waals surface area contributed by atoms with Crippen molar-refractivity contribution in [1.29, 1.82) is 0 Å². The molecule has 0 bridgehead atoms. The Morgan fingerprint density at radius 2 is 1.90 bits per heavy atom. The van der Waals surface area contributed by atoms with Gasteiger partial charge in [-0.3, -0.25) is 4.79 Å². The molecule has 3 aliphatic rings. The first-order chi connectivity index (χ1) is 14.9. The van der Waals surface area contributed by atoms with Crippen LogP contribution in [0.2, 0.25) is 0 Å². The SMILES string of the molecule is Cc1ccc2c(c1)COc1ccc(F)cc1C2=C1CCN(CCC2(C(=O)O)CC2)CC1. The largest absolute Gasteiger partial charge is 0.488 e. The van der Waals surface area contributed by atoms with Crippen LogP contribution >= 0.6 is 0 Å². The second-order valence-electron chi connectivity index (χ2n) is 9.25. The normalized spacial score (nSPS) is 19.8. The van der Waals surface area contributed by atoms with Gasteiger partial charge in [0.2, 0.25) is 0 Å². The summed E-state index contributed by atoms with van der Waals surface area (Å²) in [4.78, 5) is 13.8. The molecule has 2 aromatic rings. The first-order valence-corrected chi connectivity index (χ1v) is 11.2. The van der Waals surface area contributed by atoms with Crippen LogP contribution in [0.25, 0.3) is 5.57 Å². The summed E-state index contributed by atoms with van der Waals surface area (Å²) in [5.74, 6) is -0.162. The number of aryl methyl sites for hydroxylation is 1. The first kappa shape index (κ1) is 20.3. The van der Waals surface area contributed by atoms with E-state index in [1.54, 1.807) is 12.1 Å². The maximum atomic E-state index is 14.2. The molecule has 0 amide bonds. The lowest BCUT2D eigenvalue weighted by molar-refractivity contribution is -0.143. The standard InChI is InChI=1S/C26H28FNO3/c1-17-2-4-21-19(14-17)16-31-23-5-3-20(27)15-22(23)24(21)18-6-11-28(12-7-18)13-10-26(8-9-26)25(29)30/h2-5,14-15H,6-13,16H2,1H3,(H,29,30). The predicted molar refractivity (Wildman–Crippen MR) is 118 cm³/mol. The Kier molecular flexibility index (Phi) is 5.09. The van der Waals surface area contributed by atoms with Crippen molar-refractivity contribution in [2.75, 3.05) is 19.6 Å². The number of rotatable bonds is 4. The number of hydrogen-bond acceptors (Lipinski definition) is 3. The second-order valence-corrected chi connectivity index (χ2v) is 9.25. The minimum atomic E-state index is -0.642. The van der Waals surface area contributed by atoms with Crippen LogP contribution in [0, 0.1) is 18.2 Å². The van der Waals surface area contributed by atoms with Crippen molar-refractivity contribution in [1.82, 2.24) is 4.90 Å². The zero-order chi connectivity index (χ0) is 21.6. The van der Waals surface area contributed by atoms with Crippen molar-refractivity contribution >= 4 is 11.5 Å². The van der Waals surface area contributed by atoms with Crippen LogP contribution in [0.15, 0.2) is 42.0 Å². The zero-order valence-electron chi connectivity index (χ0n) is 17.9. The van der Waals surface area contributed by atoms with Crippen LogP contribution in [-0.2, 0) is 11.4 Å². The number of fused-ring (bicyclic) bond motifs is 2. The van der Waals surface area contributed by atoms with Crippen LogP contribution in [0.4, 0.5) is 4.39 Å². The molecule has 162 valence electrons. The summed E-state index contributed by atoms with van der Waals surface area (Å²) >= 11 is 0. The Hall–Kier alpha value is -2.66. The number of aliphatic carboxylic acids is 1. The highest BCUT2D eigenvalue weighted by Gasteiger charge is 2.49. The monoisotopic (exact) mass is 421 g/mol. The fourth-order valence-electron chi connectivity index (χ4n) is 4.98. The fraction of sp³-hybridized carbons (Fsp3) is 0.423. The van der Waals surface area contributed by atoms with Crippen LogP contribution in [0.3, 0.4) is 0 Å². The van der Waals surface area contributed by atoms with Gasteiger partial charge in [0.05, 0.1) is 5.41 Å². The lowest BCUT2D eigenvalue weighted by Crippen LogP contribution is -2.34. The van der Waals surface area contributed by atoms with E-state index in [-0.39, 0.29) is 5.82 Å². The quantitative estimate of drug-likeness (QED) is 0.739. The average Bonchev–Trinajstić information content (AvgIpc) is 3.56. The van der Waals surface area contributed by atoms with E-state index in [1.165, 1.54) is 17.2 Å². The molecule has 0 unspecified atom stereocenters. The Bertz CT molecular complexity index is 1060. The van der Waals surface area contributed by atoms with E-state index in [0.717, 1.165) is 79.8 Å². The maximum Gasteiger partial charge on any atom is 0.309 e. The minimum Gasteiger partial charge on any atom is -0.488 e. The lowest BCUT2D eigenvalue weighted by atomic mass is 9.86. The number of piperidine rings is 1. The van der Waals surface area contributed by atoms with Crippen molar-refractivity contribution in [2.45, 2.75) is 45.6 Å². The Labute approximate surface area is 182 Å². The Morgan fingerprint density at radius 3 is 2.61 bits per heavy atom. The minimum absolute atomic E-state index is 0.253. The van der Waals surface area contributed by atoms with E-state index < -0.39 is 11.4 Å².